The van der Waals surface area contributed by atoms with Crippen LogP contribution >= 0.6 is 11.6 Å². The van der Waals surface area contributed by atoms with Gasteiger partial charge in [-0.25, -0.2) is 0 Å². The first-order valence-electron chi connectivity index (χ1n) is 20.8. The van der Waals surface area contributed by atoms with Crippen LogP contribution in [0.1, 0.15) is 108 Å². The van der Waals surface area contributed by atoms with Crippen molar-refractivity contribution < 1.29 is 28.7 Å². The van der Waals surface area contributed by atoms with Crippen molar-refractivity contribution >= 4 is 46.8 Å². The number of hydrogen-bond acceptors (Lipinski definition) is 9. The Bertz CT molecular complexity index is 2340. The molecule has 4 aliphatic heterocycles. The standard InChI is InChI=1S/C47H49ClN6O6/c1-46(2)44(47(3,4)45(46)60-34-13-11-31(27-49)37(48)26-34)51-40(56)30-9-7-28(8-10-30)5-6-29-17-21-52(22-18-29)32-19-23-53(24-20-32)33-12-14-35-36(25-33)43(59)54(42(35)58)38-15-16-39(55)50-41(38)57/h7-14,25-26,29,32,38,44-45H,15-24H2,1-4H3,(H,51,56)(H,50,55,57). The van der Waals surface area contributed by atoms with Gasteiger partial charge in [0, 0.05) is 71.2 Å². The molecule has 13 heteroatoms. The minimum atomic E-state index is -0.976. The van der Waals surface area contributed by atoms with Crippen LogP contribution in [0.25, 0.3) is 0 Å². The fourth-order valence-electron chi connectivity index (χ4n) is 10.3. The van der Waals surface area contributed by atoms with Crippen molar-refractivity contribution in [2.45, 2.75) is 90.4 Å². The first-order chi connectivity index (χ1) is 28.6. The molecular weight excluding hydrogens is 780 g/mol. The third-order valence-electron chi connectivity index (χ3n) is 13.3. The molecule has 12 nitrogen and oxygen atoms in total. The number of carbonyl (C=O) groups excluding carboxylic acids is 5. The molecule has 0 spiro atoms. The molecular formula is C47H49ClN6O6. The van der Waals surface area contributed by atoms with Crippen molar-refractivity contribution in [3.63, 3.8) is 0 Å². The number of anilines is 1. The molecule has 3 saturated heterocycles. The average molecular weight is 829 g/mol. The maximum Gasteiger partial charge on any atom is 0.262 e. The smallest absolute Gasteiger partial charge is 0.262 e. The predicted octanol–water partition coefficient (Wildman–Crippen LogP) is 5.96. The topological polar surface area (TPSA) is 152 Å². The number of nitriles is 1. The predicted molar refractivity (Wildman–Crippen MR) is 225 cm³/mol. The van der Waals surface area contributed by atoms with E-state index in [1.165, 1.54) is 0 Å². The largest absolute Gasteiger partial charge is 0.489 e. The number of fused-ring (bicyclic) bond motifs is 1. The van der Waals surface area contributed by atoms with Gasteiger partial charge in [0.05, 0.1) is 21.7 Å². The number of rotatable bonds is 7. The second-order valence-electron chi connectivity index (χ2n) is 17.9. The van der Waals surface area contributed by atoms with E-state index in [0.29, 0.717) is 45.0 Å². The first kappa shape index (κ1) is 41.1. The van der Waals surface area contributed by atoms with Gasteiger partial charge in [0.15, 0.2) is 0 Å². The maximum atomic E-state index is 13.4. The molecule has 5 amide bonds. The Morgan fingerprint density at radius 1 is 0.850 bits per heavy atom. The summed E-state index contributed by atoms with van der Waals surface area (Å²) in [6.07, 6.45) is 4.00. The van der Waals surface area contributed by atoms with Crippen LogP contribution in [0.4, 0.5) is 5.69 Å². The number of halogens is 1. The zero-order chi connectivity index (χ0) is 42.5. The van der Waals surface area contributed by atoms with Gasteiger partial charge in [-0.05, 0) is 99.8 Å². The molecule has 0 aromatic heterocycles. The van der Waals surface area contributed by atoms with Gasteiger partial charge in [-0.1, -0.05) is 51.1 Å². The molecule has 310 valence electrons. The molecule has 4 heterocycles. The van der Waals surface area contributed by atoms with Gasteiger partial charge in [-0.2, -0.15) is 5.26 Å². The van der Waals surface area contributed by atoms with Crippen LogP contribution < -0.4 is 20.3 Å². The van der Waals surface area contributed by atoms with Crippen molar-refractivity contribution in [2.24, 2.45) is 16.7 Å². The molecule has 0 radical (unpaired) electrons. The SMILES string of the molecule is CC1(C)C(NC(=O)c2ccc(C#CC3CCN(C4CCN(c5ccc6c(c5)C(=O)N(C5CCC(=O)NC5=O)C6=O)CC4)CC3)cc2)C(C)(C)C1Oc1ccc(C#N)c(Cl)c1. The second-order valence-corrected chi connectivity index (χ2v) is 18.3. The van der Waals surface area contributed by atoms with Gasteiger partial charge in [-0.15, -0.1) is 0 Å². The van der Waals surface area contributed by atoms with Crippen LogP contribution in [-0.2, 0) is 9.59 Å². The Morgan fingerprint density at radius 3 is 2.18 bits per heavy atom. The summed E-state index contributed by atoms with van der Waals surface area (Å²) in [7, 11) is 0. The van der Waals surface area contributed by atoms with E-state index in [4.69, 9.17) is 16.3 Å². The highest BCUT2D eigenvalue weighted by molar-refractivity contribution is 6.31. The minimum Gasteiger partial charge on any atom is -0.489 e. The van der Waals surface area contributed by atoms with Crippen LogP contribution in [0.3, 0.4) is 0 Å². The van der Waals surface area contributed by atoms with Crippen LogP contribution in [0.2, 0.25) is 5.02 Å². The van der Waals surface area contributed by atoms with Gasteiger partial charge in [0.25, 0.3) is 17.7 Å². The summed E-state index contributed by atoms with van der Waals surface area (Å²) in [5, 5.41) is 15.1. The molecule has 0 bridgehead atoms. The lowest BCUT2D eigenvalue weighted by atomic mass is 9.49. The Morgan fingerprint density at radius 2 is 1.53 bits per heavy atom. The lowest BCUT2D eigenvalue weighted by molar-refractivity contribution is -0.164. The number of imide groups is 2. The lowest BCUT2D eigenvalue weighted by Gasteiger charge is -2.63. The van der Waals surface area contributed by atoms with Gasteiger partial charge in [0.1, 0.15) is 24.0 Å². The van der Waals surface area contributed by atoms with Crippen LogP contribution in [0, 0.1) is 39.9 Å². The summed E-state index contributed by atoms with van der Waals surface area (Å²) in [5.74, 6) is 5.60. The van der Waals surface area contributed by atoms with E-state index < -0.39 is 29.7 Å². The first-order valence-corrected chi connectivity index (χ1v) is 21.2. The van der Waals surface area contributed by atoms with Crippen molar-refractivity contribution in [1.29, 1.82) is 5.26 Å². The van der Waals surface area contributed by atoms with E-state index in [1.54, 1.807) is 30.3 Å². The zero-order valence-corrected chi connectivity index (χ0v) is 35.1. The number of amides is 5. The lowest BCUT2D eigenvalue weighted by Crippen LogP contribution is -2.74. The van der Waals surface area contributed by atoms with Crippen LogP contribution in [0.5, 0.6) is 5.75 Å². The maximum absolute atomic E-state index is 13.4. The number of nitrogens with zero attached hydrogens (tertiary/aromatic N) is 4. The quantitative estimate of drug-likeness (QED) is 0.217. The number of likely N-dealkylation sites (tertiary alicyclic amines) is 1. The highest BCUT2D eigenvalue weighted by Gasteiger charge is 2.64. The average Bonchev–Trinajstić information content (AvgIpc) is 3.49. The zero-order valence-electron chi connectivity index (χ0n) is 34.3. The molecule has 2 N–H and O–H groups in total. The molecule has 8 rings (SSSR count). The van der Waals surface area contributed by atoms with Crippen molar-refractivity contribution in [3.8, 4) is 23.7 Å². The van der Waals surface area contributed by atoms with Gasteiger partial charge >= 0.3 is 0 Å². The molecule has 60 heavy (non-hydrogen) atoms. The monoisotopic (exact) mass is 828 g/mol. The fourth-order valence-corrected chi connectivity index (χ4v) is 10.5. The number of ether oxygens (including phenoxy) is 1. The van der Waals surface area contributed by atoms with E-state index in [-0.39, 0.29) is 41.7 Å². The third kappa shape index (κ3) is 7.63. The van der Waals surface area contributed by atoms with E-state index in [9.17, 15) is 29.2 Å². The van der Waals surface area contributed by atoms with Crippen molar-refractivity contribution in [2.75, 3.05) is 31.1 Å². The van der Waals surface area contributed by atoms with Crippen molar-refractivity contribution in [1.82, 2.24) is 20.4 Å². The van der Waals surface area contributed by atoms with E-state index in [1.807, 2.05) is 30.3 Å². The molecule has 3 aromatic carbocycles. The van der Waals surface area contributed by atoms with E-state index in [2.05, 4.69) is 66.0 Å². The summed E-state index contributed by atoms with van der Waals surface area (Å²) in [5.41, 5.74) is 2.61. The number of nitrogens with one attached hydrogen (secondary N) is 2. The molecule has 1 saturated carbocycles. The van der Waals surface area contributed by atoms with Crippen LogP contribution in [-0.4, -0.2) is 89.7 Å². The van der Waals surface area contributed by atoms with E-state index in [0.717, 1.165) is 68.0 Å². The fraction of sp³-hybridized carbons (Fsp3) is 0.447. The molecule has 1 unspecified atom stereocenters. The Kier molecular flexibility index (Phi) is 11.0. The summed E-state index contributed by atoms with van der Waals surface area (Å²) >= 11 is 6.24. The van der Waals surface area contributed by atoms with Gasteiger partial charge < -0.3 is 19.9 Å². The Balaban J connectivity index is 0.794. The Labute approximate surface area is 355 Å². The van der Waals surface area contributed by atoms with E-state index >= 15 is 0 Å². The normalized spacial score (nSPS) is 24.1. The molecule has 1 aliphatic carbocycles. The highest BCUT2D eigenvalue weighted by atomic mass is 35.5. The summed E-state index contributed by atoms with van der Waals surface area (Å²) in [6, 6.07) is 19.3. The summed E-state index contributed by atoms with van der Waals surface area (Å²) in [4.78, 5) is 69.8. The number of hydrogen-bond donors (Lipinski definition) is 2. The molecule has 1 atom stereocenters. The second kappa shape index (κ2) is 16.1. The number of carbonyl (C=O) groups is 5. The molecule has 3 aromatic rings. The van der Waals surface area contributed by atoms with Gasteiger partial charge in [-0.3, -0.25) is 34.2 Å². The van der Waals surface area contributed by atoms with Crippen molar-refractivity contribution in [3.05, 3.63) is 93.5 Å². The number of benzene rings is 3. The molecule has 5 aliphatic rings. The summed E-state index contributed by atoms with van der Waals surface area (Å²) in [6.45, 7) is 12.0. The highest BCUT2D eigenvalue weighted by Crippen LogP contribution is 2.55. The minimum absolute atomic E-state index is 0.0894. The summed E-state index contributed by atoms with van der Waals surface area (Å²) < 4.78 is 6.37. The molecule has 4 fully saturated rings. The van der Waals surface area contributed by atoms with Crippen LogP contribution in [0.15, 0.2) is 60.7 Å². The number of piperidine rings is 3. The third-order valence-corrected chi connectivity index (χ3v) is 13.6. The van der Waals surface area contributed by atoms with Gasteiger partial charge in [0.2, 0.25) is 11.8 Å². The Hall–Kier alpha value is -5.69.